The van der Waals surface area contributed by atoms with E-state index in [9.17, 15) is 0 Å². The number of hydrogen-bond acceptors (Lipinski definition) is 2. The molecule has 0 saturated heterocycles. The Morgan fingerprint density at radius 2 is 1.96 bits per heavy atom. The lowest BCUT2D eigenvalue weighted by molar-refractivity contribution is 0.340. The van der Waals surface area contributed by atoms with Crippen molar-refractivity contribution in [1.29, 1.82) is 0 Å². The van der Waals surface area contributed by atoms with Gasteiger partial charge in [-0.1, -0.05) is 12.1 Å². The Labute approximate surface area is 138 Å². The van der Waals surface area contributed by atoms with E-state index in [1.165, 1.54) is 0 Å². The quantitative estimate of drug-likeness (QED) is 0.582. The summed E-state index contributed by atoms with van der Waals surface area (Å²) in [5, 5.41) is 6.63. The molecule has 0 atom stereocenters. The first kappa shape index (κ1) is 16.9. The molecular formula is C18H26N4O. The zero-order valence-corrected chi connectivity index (χ0v) is 14.0. The van der Waals surface area contributed by atoms with Crippen molar-refractivity contribution in [3.63, 3.8) is 0 Å². The van der Waals surface area contributed by atoms with Gasteiger partial charge in [0.1, 0.15) is 5.75 Å². The van der Waals surface area contributed by atoms with Crippen molar-refractivity contribution < 1.29 is 4.74 Å². The maximum atomic E-state index is 5.52. The highest BCUT2D eigenvalue weighted by Crippen LogP contribution is 2.13. The van der Waals surface area contributed by atoms with Gasteiger partial charge in [-0.3, -0.25) is 0 Å². The summed E-state index contributed by atoms with van der Waals surface area (Å²) in [5.41, 5.74) is 1.14. The van der Waals surface area contributed by atoms with Crippen molar-refractivity contribution in [3.05, 3.63) is 54.4 Å². The van der Waals surface area contributed by atoms with E-state index in [2.05, 4.69) is 45.6 Å². The molecule has 0 spiro atoms. The van der Waals surface area contributed by atoms with Crippen LogP contribution in [0, 0.1) is 0 Å². The second kappa shape index (κ2) is 9.56. The van der Waals surface area contributed by atoms with Gasteiger partial charge in [-0.15, -0.1) is 0 Å². The van der Waals surface area contributed by atoms with Crippen LogP contribution in [0.1, 0.15) is 19.4 Å². The van der Waals surface area contributed by atoms with Gasteiger partial charge in [0.25, 0.3) is 0 Å². The normalized spacial score (nSPS) is 11.3. The van der Waals surface area contributed by atoms with Crippen molar-refractivity contribution in [2.24, 2.45) is 4.99 Å². The summed E-state index contributed by atoms with van der Waals surface area (Å²) in [7, 11) is 0. The molecule has 5 nitrogen and oxygen atoms in total. The number of rotatable bonds is 8. The molecule has 0 amide bonds. The lowest BCUT2D eigenvalue weighted by Gasteiger charge is -2.12. The van der Waals surface area contributed by atoms with E-state index in [0.29, 0.717) is 13.2 Å². The molecule has 0 aliphatic rings. The average molecular weight is 314 g/mol. The van der Waals surface area contributed by atoms with E-state index in [4.69, 9.17) is 4.74 Å². The summed E-state index contributed by atoms with van der Waals surface area (Å²) in [4.78, 5) is 4.63. The molecule has 2 rings (SSSR count). The molecule has 0 radical (unpaired) electrons. The first-order chi connectivity index (χ1) is 11.3. The summed E-state index contributed by atoms with van der Waals surface area (Å²) in [5.74, 6) is 1.73. The third kappa shape index (κ3) is 6.06. The first-order valence-electron chi connectivity index (χ1n) is 8.16. The number of ether oxygens (including phenoxy) is 1. The molecule has 0 fully saturated rings. The summed E-state index contributed by atoms with van der Waals surface area (Å²) in [6.07, 6.45) is 4.12. The van der Waals surface area contributed by atoms with Gasteiger partial charge in [0.15, 0.2) is 5.96 Å². The summed E-state index contributed by atoms with van der Waals surface area (Å²) in [6.45, 7) is 7.95. The summed E-state index contributed by atoms with van der Waals surface area (Å²) in [6, 6.07) is 12.1. The van der Waals surface area contributed by atoms with Gasteiger partial charge in [-0.05, 0) is 43.7 Å². The number of benzene rings is 1. The molecule has 1 aromatic carbocycles. The third-order valence-corrected chi connectivity index (χ3v) is 3.30. The van der Waals surface area contributed by atoms with Gasteiger partial charge in [0.05, 0.1) is 13.2 Å². The Hall–Kier alpha value is -2.43. The van der Waals surface area contributed by atoms with Crippen LogP contribution in [0.2, 0.25) is 0 Å². The van der Waals surface area contributed by atoms with Crippen molar-refractivity contribution in [1.82, 2.24) is 15.2 Å². The van der Waals surface area contributed by atoms with Gasteiger partial charge < -0.3 is 19.9 Å². The zero-order valence-electron chi connectivity index (χ0n) is 14.0. The van der Waals surface area contributed by atoms with Crippen molar-refractivity contribution in [2.45, 2.75) is 26.9 Å². The molecule has 23 heavy (non-hydrogen) atoms. The summed E-state index contributed by atoms with van der Waals surface area (Å²) < 4.78 is 7.67. The molecule has 1 aromatic heterocycles. The fourth-order valence-corrected chi connectivity index (χ4v) is 2.24. The van der Waals surface area contributed by atoms with Crippen LogP contribution in [-0.4, -0.2) is 30.2 Å². The van der Waals surface area contributed by atoms with E-state index < -0.39 is 0 Å². The SMILES string of the molecule is CCNC(=NCc1cccc(OCC)c1)NCCn1cccc1. The molecule has 0 saturated carbocycles. The first-order valence-corrected chi connectivity index (χ1v) is 8.16. The molecular weight excluding hydrogens is 288 g/mol. The van der Waals surface area contributed by atoms with Crippen LogP contribution in [-0.2, 0) is 13.1 Å². The largest absolute Gasteiger partial charge is 0.494 e. The predicted octanol–water partition coefficient (Wildman–Crippen LogP) is 2.64. The summed E-state index contributed by atoms with van der Waals surface area (Å²) >= 11 is 0. The molecule has 1 heterocycles. The molecule has 2 aromatic rings. The minimum Gasteiger partial charge on any atom is -0.494 e. The van der Waals surface area contributed by atoms with E-state index in [1.54, 1.807) is 0 Å². The Kier molecular flexibility index (Phi) is 7.04. The standard InChI is InChI=1S/C18H26N4O/c1-3-19-18(20-10-13-22-11-5-6-12-22)21-15-16-8-7-9-17(14-16)23-4-2/h5-9,11-12,14H,3-4,10,13,15H2,1-2H3,(H2,19,20,21). The minimum atomic E-state index is 0.625. The number of nitrogens with one attached hydrogen (secondary N) is 2. The number of aromatic nitrogens is 1. The van der Waals surface area contributed by atoms with Crippen LogP contribution in [0.25, 0.3) is 0 Å². The fourth-order valence-electron chi connectivity index (χ4n) is 2.24. The van der Waals surface area contributed by atoms with E-state index in [1.807, 2.05) is 37.3 Å². The van der Waals surface area contributed by atoms with Crippen LogP contribution >= 0.6 is 0 Å². The molecule has 0 aliphatic heterocycles. The highest BCUT2D eigenvalue weighted by molar-refractivity contribution is 5.79. The van der Waals surface area contributed by atoms with Crippen LogP contribution in [0.4, 0.5) is 0 Å². The van der Waals surface area contributed by atoms with Gasteiger partial charge >= 0.3 is 0 Å². The van der Waals surface area contributed by atoms with E-state index >= 15 is 0 Å². The van der Waals surface area contributed by atoms with Crippen LogP contribution in [0.3, 0.4) is 0 Å². The monoisotopic (exact) mass is 314 g/mol. The lowest BCUT2D eigenvalue weighted by Crippen LogP contribution is -2.38. The number of aliphatic imine (C=N–C) groups is 1. The maximum Gasteiger partial charge on any atom is 0.191 e. The second-order valence-electron chi connectivity index (χ2n) is 5.12. The third-order valence-electron chi connectivity index (χ3n) is 3.30. The van der Waals surface area contributed by atoms with Gasteiger partial charge in [0.2, 0.25) is 0 Å². The maximum absolute atomic E-state index is 5.52. The molecule has 0 aliphatic carbocycles. The molecule has 2 N–H and O–H groups in total. The van der Waals surface area contributed by atoms with Crippen molar-refractivity contribution in [2.75, 3.05) is 19.7 Å². The topological polar surface area (TPSA) is 50.6 Å². The highest BCUT2D eigenvalue weighted by Gasteiger charge is 1.99. The van der Waals surface area contributed by atoms with Gasteiger partial charge in [-0.25, -0.2) is 4.99 Å². The Morgan fingerprint density at radius 1 is 1.13 bits per heavy atom. The van der Waals surface area contributed by atoms with Crippen LogP contribution in [0.15, 0.2) is 53.8 Å². The highest BCUT2D eigenvalue weighted by atomic mass is 16.5. The van der Waals surface area contributed by atoms with E-state index in [0.717, 1.165) is 36.9 Å². The zero-order chi connectivity index (χ0) is 16.3. The fraction of sp³-hybridized carbons (Fsp3) is 0.389. The molecule has 0 unspecified atom stereocenters. The lowest BCUT2D eigenvalue weighted by atomic mass is 10.2. The van der Waals surface area contributed by atoms with E-state index in [-0.39, 0.29) is 0 Å². The van der Waals surface area contributed by atoms with Crippen LogP contribution in [0.5, 0.6) is 5.75 Å². The Balaban J connectivity index is 1.88. The predicted molar refractivity (Wildman–Crippen MR) is 94.9 cm³/mol. The number of nitrogens with zero attached hydrogens (tertiary/aromatic N) is 2. The van der Waals surface area contributed by atoms with Gasteiger partial charge in [0, 0.05) is 32.0 Å². The Morgan fingerprint density at radius 3 is 2.70 bits per heavy atom. The smallest absolute Gasteiger partial charge is 0.191 e. The van der Waals surface area contributed by atoms with Crippen LogP contribution < -0.4 is 15.4 Å². The number of hydrogen-bond donors (Lipinski definition) is 2. The molecule has 0 bridgehead atoms. The Bertz CT molecular complexity index is 593. The molecule has 5 heteroatoms. The molecule has 124 valence electrons. The van der Waals surface area contributed by atoms with Gasteiger partial charge in [-0.2, -0.15) is 0 Å². The van der Waals surface area contributed by atoms with Crippen molar-refractivity contribution >= 4 is 5.96 Å². The van der Waals surface area contributed by atoms with Crippen molar-refractivity contribution in [3.8, 4) is 5.75 Å². The average Bonchev–Trinajstić information content (AvgIpc) is 3.07. The second-order valence-corrected chi connectivity index (χ2v) is 5.12. The minimum absolute atomic E-state index is 0.625. The number of guanidine groups is 1.